The van der Waals surface area contributed by atoms with Crippen molar-refractivity contribution in [3.8, 4) is 67.5 Å². The molecule has 0 radical (unpaired) electrons. The van der Waals surface area contributed by atoms with E-state index >= 15 is 0 Å². The molecular weight excluding hydrogens is 639 g/mol. The molecule has 0 unspecified atom stereocenters. The predicted octanol–water partition coefficient (Wildman–Crippen LogP) is 12.9. The highest BCUT2D eigenvalue weighted by atomic mass is 32.1. The van der Waals surface area contributed by atoms with Gasteiger partial charge in [0.15, 0.2) is 17.5 Å². The van der Waals surface area contributed by atoms with Crippen LogP contribution in [0.1, 0.15) is 0 Å². The van der Waals surface area contributed by atoms with E-state index < -0.39 is 0 Å². The number of hydrogen-bond acceptors (Lipinski definition) is 4. The van der Waals surface area contributed by atoms with Crippen LogP contribution in [-0.2, 0) is 0 Å². The van der Waals surface area contributed by atoms with Gasteiger partial charge in [0.2, 0.25) is 0 Å². The fourth-order valence-electron chi connectivity index (χ4n) is 7.89. The van der Waals surface area contributed by atoms with Gasteiger partial charge in [0, 0.05) is 42.4 Å². The van der Waals surface area contributed by atoms with Gasteiger partial charge in [0.05, 0.1) is 0 Å². The van der Waals surface area contributed by atoms with Crippen molar-refractivity contribution in [2.75, 3.05) is 0 Å². The first-order valence-corrected chi connectivity index (χ1v) is 18.0. The standard InChI is InChI=1S/C47H27N3S/c1-2-10-28(11-3-1)30-20-23-32(24-21-30)45-48-46(34-25-22-29-12-4-5-13-33(29)26-34)50-47(49-45)44-42-37-18-9-15-31-14-8-17-35(41(31)37)38(42)27-40-43(44)36-16-6-7-19-39(36)51-40/h1-27H. The number of fused-ring (bicyclic) bond motifs is 7. The van der Waals surface area contributed by atoms with E-state index in [1.165, 1.54) is 64.1 Å². The van der Waals surface area contributed by atoms with Gasteiger partial charge in [-0.05, 0) is 67.6 Å². The summed E-state index contributed by atoms with van der Waals surface area (Å²) in [6.07, 6.45) is 0. The van der Waals surface area contributed by atoms with Crippen LogP contribution in [0.25, 0.3) is 109 Å². The molecule has 0 N–H and O–H groups in total. The minimum atomic E-state index is 0.654. The summed E-state index contributed by atoms with van der Waals surface area (Å²) in [6, 6.07) is 58.4. The number of thiophene rings is 1. The summed E-state index contributed by atoms with van der Waals surface area (Å²) in [7, 11) is 0. The lowest BCUT2D eigenvalue weighted by Crippen LogP contribution is -2.01. The van der Waals surface area contributed by atoms with Gasteiger partial charge in [0.1, 0.15) is 0 Å². The van der Waals surface area contributed by atoms with E-state index in [0.29, 0.717) is 17.5 Å². The Kier molecular flexibility index (Phi) is 6.12. The third-order valence-corrected chi connectivity index (χ3v) is 11.4. The Bertz CT molecular complexity index is 3010. The van der Waals surface area contributed by atoms with E-state index in [9.17, 15) is 0 Å². The zero-order chi connectivity index (χ0) is 33.5. The van der Waals surface area contributed by atoms with Crippen LogP contribution >= 0.6 is 11.3 Å². The van der Waals surface area contributed by atoms with E-state index in [-0.39, 0.29) is 0 Å². The Balaban J connectivity index is 1.22. The summed E-state index contributed by atoms with van der Waals surface area (Å²) in [5.74, 6) is 2.00. The summed E-state index contributed by atoms with van der Waals surface area (Å²) in [6.45, 7) is 0. The molecule has 2 heterocycles. The van der Waals surface area contributed by atoms with Crippen LogP contribution in [-0.4, -0.2) is 15.0 Å². The largest absolute Gasteiger partial charge is 0.208 e. The molecule has 4 heteroatoms. The van der Waals surface area contributed by atoms with Crippen molar-refractivity contribution >= 4 is 53.1 Å². The minimum Gasteiger partial charge on any atom is -0.208 e. The molecule has 8 aromatic carbocycles. The normalized spacial score (nSPS) is 11.9. The van der Waals surface area contributed by atoms with Crippen LogP contribution in [0.2, 0.25) is 0 Å². The third-order valence-electron chi connectivity index (χ3n) is 10.2. The zero-order valence-electron chi connectivity index (χ0n) is 27.3. The SMILES string of the molecule is c1ccc(-c2ccc(-c3nc(-c4ccc5ccccc5c4)nc(-c4c5c(cc6sc7ccccc7c46)-c4cccc6cccc-5c46)n3)cc2)cc1. The van der Waals surface area contributed by atoms with Crippen molar-refractivity contribution in [1.29, 1.82) is 0 Å². The van der Waals surface area contributed by atoms with Crippen LogP contribution in [0, 0.1) is 0 Å². The Hall–Kier alpha value is -6.49. The molecule has 11 rings (SSSR count). The van der Waals surface area contributed by atoms with E-state index in [1.54, 1.807) is 0 Å². The van der Waals surface area contributed by atoms with Crippen LogP contribution in [0.15, 0.2) is 164 Å². The molecular formula is C47H27N3S. The quantitative estimate of drug-likeness (QED) is 0.188. The maximum atomic E-state index is 5.39. The summed E-state index contributed by atoms with van der Waals surface area (Å²) in [5, 5.41) is 7.29. The molecule has 0 atom stereocenters. The fourth-order valence-corrected chi connectivity index (χ4v) is 9.05. The molecule has 51 heavy (non-hydrogen) atoms. The zero-order valence-corrected chi connectivity index (χ0v) is 28.2. The Morgan fingerprint density at radius 2 is 0.961 bits per heavy atom. The van der Waals surface area contributed by atoms with Crippen molar-refractivity contribution in [3.63, 3.8) is 0 Å². The summed E-state index contributed by atoms with van der Waals surface area (Å²) in [5.41, 5.74) is 10.2. The molecule has 0 amide bonds. The highest BCUT2D eigenvalue weighted by Gasteiger charge is 2.29. The van der Waals surface area contributed by atoms with Crippen molar-refractivity contribution in [2.24, 2.45) is 0 Å². The number of nitrogens with zero attached hydrogens (tertiary/aromatic N) is 3. The average molecular weight is 666 g/mol. The van der Waals surface area contributed by atoms with Crippen molar-refractivity contribution < 1.29 is 0 Å². The van der Waals surface area contributed by atoms with Crippen LogP contribution < -0.4 is 0 Å². The lowest BCUT2D eigenvalue weighted by molar-refractivity contribution is 1.08. The third kappa shape index (κ3) is 4.40. The number of aromatic nitrogens is 3. The topological polar surface area (TPSA) is 38.7 Å². The van der Waals surface area contributed by atoms with Gasteiger partial charge in [-0.25, -0.2) is 15.0 Å². The second-order valence-corrected chi connectivity index (χ2v) is 14.3. The first kappa shape index (κ1) is 28.4. The summed E-state index contributed by atoms with van der Waals surface area (Å²) < 4.78 is 2.49. The molecule has 0 bridgehead atoms. The van der Waals surface area contributed by atoms with Gasteiger partial charge in [0.25, 0.3) is 0 Å². The highest BCUT2D eigenvalue weighted by Crippen LogP contribution is 2.55. The first-order valence-electron chi connectivity index (χ1n) is 17.2. The molecule has 0 spiro atoms. The molecule has 1 aliphatic rings. The van der Waals surface area contributed by atoms with E-state index in [2.05, 4.69) is 158 Å². The van der Waals surface area contributed by atoms with Crippen molar-refractivity contribution in [1.82, 2.24) is 15.0 Å². The van der Waals surface area contributed by atoms with Crippen molar-refractivity contribution in [3.05, 3.63) is 164 Å². The minimum absolute atomic E-state index is 0.654. The van der Waals surface area contributed by atoms with E-state index in [4.69, 9.17) is 15.0 Å². The summed E-state index contributed by atoms with van der Waals surface area (Å²) in [4.78, 5) is 16.0. The number of rotatable bonds is 4. The maximum absolute atomic E-state index is 5.39. The lowest BCUT2D eigenvalue weighted by atomic mass is 9.93. The molecule has 0 fully saturated rings. The monoisotopic (exact) mass is 665 g/mol. The van der Waals surface area contributed by atoms with Crippen molar-refractivity contribution in [2.45, 2.75) is 0 Å². The van der Waals surface area contributed by atoms with Crippen LogP contribution in [0.5, 0.6) is 0 Å². The molecule has 10 aromatic rings. The fraction of sp³-hybridized carbons (Fsp3) is 0. The smallest absolute Gasteiger partial charge is 0.165 e. The molecule has 236 valence electrons. The lowest BCUT2D eigenvalue weighted by Gasteiger charge is -2.15. The van der Waals surface area contributed by atoms with Crippen LogP contribution in [0.3, 0.4) is 0 Å². The Morgan fingerprint density at radius 3 is 1.80 bits per heavy atom. The maximum Gasteiger partial charge on any atom is 0.165 e. The Labute approximate surface area is 298 Å². The molecule has 1 aliphatic carbocycles. The summed E-state index contributed by atoms with van der Waals surface area (Å²) >= 11 is 1.84. The van der Waals surface area contributed by atoms with Gasteiger partial charge >= 0.3 is 0 Å². The Morgan fingerprint density at radius 1 is 0.333 bits per heavy atom. The first-order chi connectivity index (χ1) is 25.3. The van der Waals surface area contributed by atoms with Crippen LogP contribution in [0.4, 0.5) is 0 Å². The second kappa shape index (κ2) is 11.0. The molecule has 3 nitrogen and oxygen atoms in total. The predicted molar refractivity (Wildman–Crippen MR) is 214 cm³/mol. The molecule has 0 aliphatic heterocycles. The van der Waals surface area contributed by atoms with Gasteiger partial charge in [-0.2, -0.15) is 0 Å². The van der Waals surface area contributed by atoms with Gasteiger partial charge in [-0.3, -0.25) is 0 Å². The van der Waals surface area contributed by atoms with E-state index in [0.717, 1.165) is 27.6 Å². The molecule has 0 saturated heterocycles. The van der Waals surface area contributed by atoms with Gasteiger partial charge in [-0.15, -0.1) is 11.3 Å². The molecule has 2 aromatic heterocycles. The van der Waals surface area contributed by atoms with Gasteiger partial charge < -0.3 is 0 Å². The second-order valence-electron chi connectivity index (χ2n) is 13.2. The van der Waals surface area contributed by atoms with Gasteiger partial charge in [-0.1, -0.05) is 146 Å². The van der Waals surface area contributed by atoms with E-state index in [1.807, 2.05) is 17.4 Å². The number of benzene rings is 8. The average Bonchev–Trinajstić information content (AvgIpc) is 3.73. The molecule has 0 saturated carbocycles. The number of hydrogen-bond donors (Lipinski definition) is 0. The highest BCUT2D eigenvalue weighted by molar-refractivity contribution is 7.26.